The molecule has 2 N–H and O–H groups in total. The van der Waals surface area contributed by atoms with E-state index in [1.165, 1.54) is 30.3 Å². The van der Waals surface area contributed by atoms with E-state index in [2.05, 4.69) is 10.0 Å². The average molecular weight is 435 g/mol. The van der Waals surface area contributed by atoms with E-state index in [-0.39, 0.29) is 10.5 Å². The molecular formula is C20H16Cl2N2O3S. The summed E-state index contributed by atoms with van der Waals surface area (Å²) in [6, 6.07) is 17.3. The molecule has 0 aliphatic heterocycles. The third-order valence-electron chi connectivity index (χ3n) is 3.89. The number of aryl methyl sites for hydroxylation is 1. The first-order valence-corrected chi connectivity index (χ1v) is 10.4. The van der Waals surface area contributed by atoms with Crippen LogP contribution >= 0.6 is 23.2 Å². The Kier molecular flexibility index (Phi) is 5.93. The first-order valence-electron chi connectivity index (χ1n) is 8.20. The summed E-state index contributed by atoms with van der Waals surface area (Å²) in [5.74, 6) is -0.503. The Balaban J connectivity index is 1.83. The topological polar surface area (TPSA) is 75.3 Å². The first-order chi connectivity index (χ1) is 13.2. The number of carbonyl (C=O) groups is 1. The fourth-order valence-electron chi connectivity index (χ4n) is 2.43. The summed E-state index contributed by atoms with van der Waals surface area (Å²) in [7, 11) is -3.85. The Morgan fingerprint density at radius 3 is 2.36 bits per heavy atom. The van der Waals surface area contributed by atoms with Crippen LogP contribution < -0.4 is 10.0 Å². The number of sulfonamides is 1. The maximum Gasteiger partial charge on any atom is 0.261 e. The van der Waals surface area contributed by atoms with Crippen LogP contribution in [0, 0.1) is 6.92 Å². The van der Waals surface area contributed by atoms with Gasteiger partial charge in [0.1, 0.15) is 0 Å². The van der Waals surface area contributed by atoms with Crippen molar-refractivity contribution in [3.8, 4) is 0 Å². The Morgan fingerprint density at radius 2 is 1.64 bits per heavy atom. The van der Waals surface area contributed by atoms with E-state index >= 15 is 0 Å². The molecule has 3 rings (SSSR count). The fourth-order valence-corrected chi connectivity index (χ4v) is 3.87. The van der Waals surface area contributed by atoms with Crippen molar-refractivity contribution in [1.29, 1.82) is 0 Å². The SMILES string of the molecule is Cc1ccc(NS(=O)(=O)c2cccc(C(=O)Nc3cc(Cl)ccc3Cl)c2)cc1. The minimum Gasteiger partial charge on any atom is -0.321 e. The van der Waals surface area contributed by atoms with Gasteiger partial charge >= 0.3 is 0 Å². The van der Waals surface area contributed by atoms with Gasteiger partial charge in [-0.2, -0.15) is 0 Å². The molecule has 0 heterocycles. The highest BCUT2D eigenvalue weighted by Crippen LogP contribution is 2.26. The van der Waals surface area contributed by atoms with Crippen LogP contribution in [0.1, 0.15) is 15.9 Å². The van der Waals surface area contributed by atoms with Gasteiger partial charge in [0.2, 0.25) is 0 Å². The maximum atomic E-state index is 12.6. The van der Waals surface area contributed by atoms with Gasteiger partial charge in [0.05, 0.1) is 15.6 Å². The van der Waals surface area contributed by atoms with Crippen LogP contribution in [0.3, 0.4) is 0 Å². The van der Waals surface area contributed by atoms with Crippen molar-refractivity contribution in [1.82, 2.24) is 0 Å². The molecule has 0 aliphatic carbocycles. The van der Waals surface area contributed by atoms with Crippen LogP contribution in [0.4, 0.5) is 11.4 Å². The van der Waals surface area contributed by atoms with Gasteiger partial charge in [0.25, 0.3) is 15.9 Å². The second-order valence-corrected chi connectivity index (χ2v) is 8.60. The Bertz CT molecular complexity index is 1130. The third kappa shape index (κ3) is 4.84. The van der Waals surface area contributed by atoms with Crippen molar-refractivity contribution in [2.75, 3.05) is 10.0 Å². The van der Waals surface area contributed by atoms with Gasteiger partial charge in [-0.15, -0.1) is 0 Å². The molecule has 3 aromatic carbocycles. The monoisotopic (exact) mass is 434 g/mol. The van der Waals surface area contributed by atoms with Crippen LogP contribution in [0.5, 0.6) is 0 Å². The molecule has 0 fully saturated rings. The zero-order chi connectivity index (χ0) is 20.3. The molecule has 0 aliphatic rings. The van der Waals surface area contributed by atoms with Crippen LogP contribution in [-0.4, -0.2) is 14.3 Å². The van der Waals surface area contributed by atoms with E-state index in [0.29, 0.717) is 21.4 Å². The predicted molar refractivity (Wildman–Crippen MR) is 113 cm³/mol. The molecule has 0 atom stereocenters. The minimum atomic E-state index is -3.85. The fraction of sp³-hybridized carbons (Fsp3) is 0.0500. The summed E-state index contributed by atoms with van der Waals surface area (Å²) in [6.07, 6.45) is 0. The lowest BCUT2D eigenvalue weighted by molar-refractivity contribution is 0.102. The molecule has 0 saturated heterocycles. The quantitative estimate of drug-likeness (QED) is 0.567. The maximum absolute atomic E-state index is 12.6. The van der Waals surface area contributed by atoms with Crippen molar-refractivity contribution < 1.29 is 13.2 Å². The Hall–Kier alpha value is -2.54. The second kappa shape index (κ2) is 8.22. The lowest BCUT2D eigenvalue weighted by atomic mass is 10.2. The lowest BCUT2D eigenvalue weighted by Gasteiger charge is -2.11. The predicted octanol–water partition coefficient (Wildman–Crippen LogP) is 5.35. The van der Waals surface area contributed by atoms with Crippen LogP contribution in [0.25, 0.3) is 0 Å². The van der Waals surface area contributed by atoms with Crippen LogP contribution in [-0.2, 0) is 10.0 Å². The largest absolute Gasteiger partial charge is 0.321 e. The smallest absolute Gasteiger partial charge is 0.261 e. The number of hydrogen-bond donors (Lipinski definition) is 2. The van der Waals surface area contributed by atoms with Crippen molar-refractivity contribution in [2.24, 2.45) is 0 Å². The van der Waals surface area contributed by atoms with Crippen molar-refractivity contribution in [3.63, 3.8) is 0 Å². The van der Waals surface area contributed by atoms with E-state index in [4.69, 9.17) is 23.2 Å². The van der Waals surface area contributed by atoms with Gasteiger partial charge < -0.3 is 5.32 Å². The van der Waals surface area contributed by atoms with Gasteiger partial charge in [-0.1, -0.05) is 47.0 Å². The highest BCUT2D eigenvalue weighted by Gasteiger charge is 2.17. The van der Waals surface area contributed by atoms with Crippen LogP contribution in [0.2, 0.25) is 10.0 Å². The number of nitrogens with one attached hydrogen (secondary N) is 2. The minimum absolute atomic E-state index is 0.0297. The van der Waals surface area contributed by atoms with Crippen molar-refractivity contribution >= 4 is 50.5 Å². The first kappa shape index (κ1) is 20.2. The number of rotatable bonds is 5. The molecule has 0 unspecified atom stereocenters. The summed E-state index contributed by atoms with van der Waals surface area (Å²) in [5.41, 5.74) is 1.96. The van der Waals surface area contributed by atoms with Gasteiger partial charge in [-0.25, -0.2) is 8.42 Å². The zero-order valence-corrected chi connectivity index (χ0v) is 17.1. The highest BCUT2D eigenvalue weighted by atomic mass is 35.5. The molecule has 144 valence electrons. The Morgan fingerprint density at radius 1 is 0.929 bits per heavy atom. The summed E-state index contributed by atoms with van der Waals surface area (Å²) in [4.78, 5) is 12.5. The molecule has 0 bridgehead atoms. The average Bonchev–Trinajstić information content (AvgIpc) is 2.66. The summed E-state index contributed by atoms with van der Waals surface area (Å²) in [6.45, 7) is 1.91. The number of benzene rings is 3. The highest BCUT2D eigenvalue weighted by molar-refractivity contribution is 7.92. The third-order valence-corrected chi connectivity index (χ3v) is 5.83. The molecule has 1 amide bonds. The summed E-state index contributed by atoms with van der Waals surface area (Å²) in [5, 5.41) is 3.37. The molecule has 3 aromatic rings. The standard InChI is InChI=1S/C20H16Cl2N2O3S/c1-13-5-8-16(9-6-13)24-28(26,27)17-4-2-3-14(11-17)20(25)23-19-12-15(21)7-10-18(19)22/h2-12,24H,1H3,(H,23,25). The number of halogens is 2. The van der Waals surface area contributed by atoms with E-state index in [1.54, 1.807) is 36.4 Å². The molecule has 5 nitrogen and oxygen atoms in total. The van der Waals surface area contributed by atoms with E-state index in [9.17, 15) is 13.2 Å². The number of anilines is 2. The summed E-state index contributed by atoms with van der Waals surface area (Å²) >= 11 is 12.0. The van der Waals surface area contributed by atoms with Gasteiger partial charge in [-0.05, 0) is 55.5 Å². The van der Waals surface area contributed by atoms with E-state index in [1.807, 2.05) is 6.92 Å². The Labute approximate surface area is 173 Å². The number of amides is 1. The van der Waals surface area contributed by atoms with Crippen molar-refractivity contribution in [2.45, 2.75) is 11.8 Å². The molecule has 0 aromatic heterocycles. The zero-order valence-electron chi connectivity index (χ0n) is 14.7. The van der Waals surface area contributed by atoms with Crippen molar-refractivity contribution in [3.05, 3.63) is 87.9 Å². The lowest BCUT2D eigenvalue weighted by Crippen LogP contribution is -2.16. The second-order valence-electron chi connectivity index (χ2n) is 6.08. The van der Waals surface area contributed by atoms with Gasteiger partial charge in [0, 0.05) is 16.3 Å². The molecule has 0 saturated carbocycles. The normalized spacial score (nSPS) is 11.1. The molecule has 8 heteroatoms. The molecule has 0 radical (unpaired) electrons. The number of carbonyl (C=O) groups excluding carboxylic acids is 1. The van der Waals surface area contributed by atoms with E-state index in [0.717, 1.165) is 5.56 Å². The van der Waals surface area contributed by atoms with Gasteiger partial charge in [-0.3, -0.25) is 9.52 Å². The summed E-state index contributed by atoms with van der Waals surface area (Å²) < 4.78 is 27.8. The number of hydrogen-bond acceptors (Lipinski definition) is 3. The molecule has 0 spiro atoms. The van der Waals surface area contributed by atoms with Crippen LogP contribution in [0.15, 0.2) is 71.6 Å². The van der Waals surface area contributed by atoms with E-state index < -0.39 is 15.9 Å². The van der Waals surface area contributed by atoms with Gasteiger partial charge in [0.15, 0.2) is 0 Å². The molecular weight excluding hydrogens is 419 g/mol. The molecule has 28 heavy (non-hydrogen) atoms.